The van der Waals surface area contributed by atoms with Crippen LogP contribution in [-0.2, 0) is 27.3 Å². The van der Waals surface area contributed by atoms with Gasteiger partial charge in [-0.2, -0.15) is 13.2 Å². The van der Waals surface area contributed by atoms with Crippen molar-refractivity contribution in [2.24, 2.45) is 5.92 Å². The van der Waals surface area contributed by atoms with Crippen LogP contribution < -0.4 is 0 Å². The standard InChI is InChI=1S/C15H16F3NO4/c1-23-13(21)6-10-4-9-2-3-12(20)5-11(9)7-19(14(10)22)8-15(16,17)18/h2-3,5,10,20H,4,6-8H2,1H3/t10-/m0/s1. The smallest absolute Gasteiger partial charge is 0.406 e. The van der Waals surface area contributed by atoms with E-state index in [0.29, 0.717) is 16.0 Å². The van der Waals surface area contributed by atoms with E-state index in [1.807, 2.05) is 0 Å². The molecule has 1 aliphatic heterocycles. The number of carbonyl (C=O) groups excluding carboxylic acids is 2. The average Bonchev–Trinajstić information content (AvgIpc) is 2.56. The van der Waals surface area contributed by atoms with Gasteiger partial charge in [-0.1, -0.05) is 6.07 Å². The number of ether oxygens (including phenoxy) is 1. The molecule has 0 aromatic heterocycles. The number of amides is 1. The SMILES string of the molecule is COC(=O)C[C@@H]1Cc2ccc(O)cc2CN(CC(F)(F)F)C1=O. The van der Waals surface area contributed by atoms with Crippen LogP contribution in [0.2, 0.25) is 0 Å². The first-order valence-corrected chi connectivity index (χ1v) is 6.92. The van der Waals surface area contributed by atoms with E-state index in [2.05, 4.69) is 4.74 Å². The summed E-state index contributed by atoms with van der Waals surface area (Å²) in [5.41, 5.74) is 1.07. The van der Waals surface area contributed by atoms with Crippen LogP contribution in [0.5, 0.6) is 5.75 Å². The third kappa shape index (κ3) is 4.37. The lowest BCUT2D eigenvalue weighted by Gasteiger charge is -2.25. The number of phenolic OH excluding ortho intramolecular Hbond substituents is 1. The summed E-state index contributed by atoms with van der Waals surface area (Å²) in [7, 11) is 1.16. The summed E-state index contributed by atoms with van der Waals surface area (Å²) in [6.45, 7) is -1.67. The van der Waals surface area contributed by atoms with Crippen molar-refractivity contribution in [1.82, 2.24) is 4.90 Å². The van der Waals surface area contributed by atoms with Gasteiger partial charge in [-0.05, 0) is 29.7 Å². The minimum absolute atomic E-state index is 0.0884. The monoisotopic (exact) mass is 331 g/mol. The second-order valence-electron chi connectivity index (χ2n) is 5.44. The number of phenols is 1. The number of hydrogen-bond acceptors (Lipinski definition) is 4. The Hall–Kier alpha value is -2.25. The molecule has 5 nitrogen and oxygen atoms in total. The molecule has 1 atom stereocenters. The molecule has 0 unspecified atom stereocenters. The van der Waals surface area contributed by atoms with E-state index in [9.17, 15) is 27.9 Å². The van der Waals surface area contributed by atoms with Crippen LogP contribution in [-0.4, -0.2) is 41.7 Å². The predicted octanol–water partition coefficient (Wildman–Crippen LogP) is 2.02. The number of carbonyl (C=O) groups is 2. The van der Waals surface area contributed by atoms with Gasteiger partial charge < -0.3 is 14.7 Å². The molecule has 126 valence electrons. The molecule has 0 aliphatic carbocycles. The molecule has 1 aromatic carbocycles. The number of nitrogens with zero attached hydrogens (tertiary/aromatic N) is 1. The highest BCUT2D eigenvalue weighted by Gasteiger charge is 2.38. The van der Waals surface area contributed by atoms with Gasteiger partial charge in [0.2, 0.25) is 5.91 Å². The fourth-order valence-electron chi connectivity index (χ4n) is 2.65. The van der Waals surface area contributed by atoms with Crippen molar-refractivity contribution in [3.05, 3.63) is 29.3 Å². The minimum Gasteiger partial charge on any atom is -0.508 e. The maximum atomic E-state index is 12.7. The third-order valence-electron chi connectivity index (χ3n) is 3.69. The molecule has 0 saturated heterocycles. The fourth-order valence-corrected chi connectivity index (χ4v) is 2.65. The Balaban J connectivity index is 2.36. The second-order valence-corrected chi connectivity index (χ2v) is 5.44. The first-order chi connectivity index (χ1) is 10.7. The zero-order chi connectivity index (χ0) is 17.2. The molecule has 0 saturated carbocycles. The molecule has 0 spiro atoms. The molecule has 8 heteroatoms. The van der Waals surface area contributed by atoms with Gasteiger partial charge in [-0.15, -0.1) is 0 Å². The molecule has 23 heavy (non-hydrogen) atoms. The molecular formula is C15H16F3NO4. The van der Waals surface area contributed by atoms with Crippen LogP contribution in [0.1, 0.15) is 17.5 Å². The van der Waals surface area contributed by atoms with Gasteiger partial charge in [0.15, 0.2) is 0 Å². The summed E-state index contributed by atoms with van der Waals surface area (Å²) < 4.78 is 42.7. The zero-order valence-electron chi connectivity index (χ0n) is 12.4. The number of benzene rings is 1. The maximum Gasteiger partial charge on any atom is 0.406 e. The van der Waals surface area contributed by atoms with Crippen LogP contribution >= 0.6 is 0 Å². The lowest BCUT2D eigenvalue weighted by atomic mass is 9.94. The summed E-state index contributed by atoms with van der Waals surface area (Å²) in [6.07, 6.45) is -4.71. The normalized spacial score (nSPS) is 18.3. The molecule has 1 N–H and O–H groups in total. The van der Waals surface area contributed by atoms with Crippen molar-refractivity contribution >= 4 is 11.9 Å². The third-order valence-corrected chi connectivity index (χ3v) is 3.69. The van der Waals surface area contributed by atoms with E-state index in [0.717, 1.165) is 7.11 Å². The molecule has 0 bridgehead atoms. The number of halogens is 3. The highest BCUT2D eigenvalue weighted by molar-refractivity contribution is 5.84. The van der Waals surface area contributed by atoms with Gasteiger partial charge in [0, 0.05) is 6.54 Å². The van der Waals surface area contributed by atoms with E-state index < -0.39 is 30.5 Å². The molecule has 1 aromatic rings. The summed E-state index contributed by atoms with van der Waals surface area (Å²) in [6, 6.07) is 4.30. The van der Waals surface area contributed by atoms with Crippen molar-refractivity contribution in [3.8, 4) is 5.75 Å². The predicted molar refractivity (Wildman–Crippen MR) is 73.4 cm³/mol. The Bertz CT molecular complexity index is 615. The second kappa shape index (κ2) is 6.47. The molecule has 1 aliphatic rings. The fraction of sp³-hybridized carbons (Fsp3) is 0.467. The Morgan fingerprint density at radius 3 is 2.70 bits per heavy atom. The first-order valence-electron chi connectivity index (χ1n) is 6.92. The van der Waals surface area contributed by atoms with E-state index in [1.165, 1.54) is 12.1 Å². The van der Waals surface area contributed by atoms with Gasteiger partial charge in [0.05, 0.1) is 19.4 Å². The van der Waals surface area contributed by atoms with Crippen molar-refractivity contribution in [1.29, 1.82) is 0 Å². The van der Waals surface area contributed by atoms with Crippen LogP contribution in [0, 0.1) is 5.92 Å². The van der Waals surface area contributed by atoms with E-state index in [4.69, 9.17) is 0 Å². The van der Waals surface area contributed by atoms with Crippen LogP contribution in [0.15, 0.2) is 18.2 Å². The lowest BCUT2D eigenvalue weighted by molar-refractivity contribution is -0.165. The molecule has 2 rings (SSSR count). The van der Waals surface area contributed by atoms with Crippen LogP contribution in [0.25, 0.3) is 0 Å². The van der Waals surface area contributed by atoms with E-state index in [1.54, 1.807) is 6.07 Å². The van der Waals surface area contributed by atoms with Gasteiger partial charge in [-0.25, -0.2) is 0 Å². The quantitative estimate of drug-likeness (QED) is 0.861. The van der Waals surface area contributed by atoms with Gasteiger partial charge in [-0.3, -0.25) is 9.59 Å². The number of hydrogen-bond donors (Lipinski definition) is 1. The van der Waals surface area contributed by atoms with E-state index >= 15 is 0 Å². The Morgan fingerprint density at radius 2 is 2.09 bits per heavy atom. The van der Waals surface area contributed by atoms with E-state index in [-0.39, 0.29) is 25.1 Å². The van der Waals surface area contributed by atoms with Gasteiger partial charge in [0.25, 0.3) is 0 Å². The zero-order valence-corrected chi connectivity index (χ0v) is 12.4. The molecule has 1 heterocycles. The van der Waals surface area contributed by atoms with Gasteiger partial charge in [0.1, 0.15) is 12.3 Å². The summed E-state index contributed by atoms with van der Waals surface area (Å²) in [5.74, 6) is -2.41. The van der Waals surface area contributed by atoms with Crippen LogP contribution in [0.4, 0.5) is 13.2 Å². The largest absolute Gasteiger partial charge is 0.508 e. The van der Waals surface area contributed by atoms with Crippen molar-refractivity contribution in [2.45, 2.75) is 25.6 Å². The average molecular weight is 331 g/mol. The van der Waals surface area contributed by atoms with Crippen molar-refractivity contribution in [2.75, 3.05) is 13.7 Å². The number of aromatic hydroxyl groups is 1. The highest BCUT2D eigenvalue weighted by Crippen LogP contribution is 2.29. The minimum atomic E-state index is -4.55. The number of methoxy groups -OCH3 is 1. The number of rotatable bonds is 3. The van der Waals surface area contributed by atoms with Gasteiger partial charge >= 0.3 is 12.1 Å². The Labute approximate surface area is 130 Å². The Morgan fingerprint density at radius 1 is 1.39 bits per heavy atom. The summed E-state index contributed by atoms with van der Waals surface area (Å²) in [5, 5.41) is 9.51. The molecular weight excluding hydrogens is 315 g/mol. The molecule has 0 fully saturated rings. The van der Waals surface area contributed by atoms with Crippen molar-refractivity contribution in [3.63, 3.8) is 0 Å². The molecule has 0 radical (unpaired) electrons. The molecule has 1 amide bonds. The first kappa shape index (κ1) is 17.1. The topological polar surface area (TPSA) is 66.8 Å². The number of alkyl halides is 3. The summed E-state index contributed by atoms with van der Waals surface area (Å²) >= 11 is 0. The summed E-state index contributed by atoms with van der Waals surface area (Å²) in [4.78, 5) is 24.5. The number of esters is 1. The number of fused-ring (bicyclic) bond motifs is 1. The van der Waals surface area contributed by atoms with Crippen LogP contribution in [0.3, 0.4) is 0 Å². The van der Waals surface area contributed by atoms with Crippen molar-refractivity contribution < 1.29 is 32.6 Å². The lowest BCUT2D eigenvalue weighted by Crippen LogP contribution is -2.41. The Kier molecular flexibility index (Phi) is 4.82. The highest BCUT2D eigenvalue weighted by atomic mass is 19.4. The maximum absolute atomic E-state index is 12.7.